The molecule has 0 aliphatic rings. The van der Waals surface area contributed by atoms with Gasteiger partial charge in [0.1, 0.15) is 13.2 Å². The van der Waals surface area contributed by atoms with Crippen molar-refractivity contribution in [1.29, 1.82) is 0 Å². The van der Waals surface area contributed by atoms with Crippen LogP contribution in [0.5, 0.6) is 0 Å². The first-order chi connectivity index (χ1) is 40.5. The third kappa shape index (κ3) is 68.4. The summed E-state index contributed by atoms with van der Waals surface area (Å²) in [4.78, 5) is 38.1. The maximum atomic E-state index is 12.9. The van der Waals surface area contributed by atoms with Crippen molar-refractivity contribution in [3.8, 4) is 0 Å². The van der Waals surface area contributed by atoms with E-state index in [-0.39, 0.29) is 31.1 Å². The van der Waals surface area contributed by atoms with Gasteiger partial charge in [-0.1, -0.05) is 353 Å². The van der Waals surface area contributed by atoms with Crippen LogP contribution in [-0.4, -0.2) is 37.2 Å². The monoisotopic (exact) mass is 1150 g/mol. The molecule has 0 saturated heterocycles. The Hall–Kier alpha value is -2.37. The molecule has 0 amide bonds. The summed E-state index contributed by atoms with van der Waals surface area (Å²) in [5.74, 6) is -0.854. The number of carbonyl (C=O) groups excluding carboxylic acids is 3. The second-order valence-electron chi connectivity index (χ2n) is 25.2. The van der Waals surface area contributed by atoms with E-state index in [1.54, 1.807) is 0 Å². The number of esters is 3. The molecule has 0 aliphatic heterocycles. The molecule has 0 aromatic carbocycles. The highest BCUT2D eigenvalue weighted by Gasteiger charge is 2.19. The molecule has 0 bridgehead atoms. The number of unbranched alkanes of at least 4 members (excludes halogenated alkanes) is 52. The highest BCUT2D eigenvalue weighted by atomic mass is 16.6. The fourth-order valence-corrected chi connectivity index (χ4v) is 11.3. The van der Waals surface area contributed by atoms with Crippen LogP contribution in [0.2, 0.25) is 0 Å². The van der Waals surface area contributed by atoms with Crippen molar-refractivity contribution in [2.75, 3.05) is 13.2 Å². The Morgan fingerprint density at radius 2 is 0.439 bits per heavy atom. The second-order valence-corrected chi connectivity index (χ2v) is 25.2. The van der Waals surface area contributed by atoms with Gasteiger partial charge in [0.25, 0.3) is 0 Å². The van der Waals surface area contributed by atoms with Crippen molar-refractivity contribution in [2.45, 2.75) is 419 Å². The predicted octanol–water partition coefficient (Wildman–Crippen LogP) is 25.5. The summed E-state index contributed by atoms with van der Waals surface area (Å²) in [6, 6.07) is 0. The van der Waals surface area contributed by atoms with Crippen molar-refractivity contribution < 1.29 is 28.6 Å². The van der Waals surface area contributed by atoms with Crippen LogP contribution >= 0.6 is 0 Å². The number of hydrogen-bond donors (Lipinski definition) is 0. The Labute approximate surface area is 512 Å². The fraction of sp³-hybridized carbons (Fsp3) is 0.882. The van der Waals surface area contributed by atoms with Crippen LogP contribution in [0, 0.1) is 0 Å². The Bertz CT molecular complexity index is 1370. The number of rotatable bonds is 69. The van der Waals surface area contributed by atoms with Gasteiger partial charge >= 0.3 is 17.9 Å². The van der Waals surface area contributed by atoms with Crippen molar-refractivity contribution >= 4 is 17.9 Å². The average Bonchev–Trinajstić information content (AvgIpc) is 3.47. The van der Waals surface area contributed by atoms with E-state index in [4.69, 9.17) is 14.2 Å². The van der Waals surface area contributed by atoms with Crippen LogP contribution in [0.4, 0.5) is 0 Å². The van der Waals surface area contributed by atoms with Crippen LogP contribution in [-0.2, 0) is 28.6 Å². The molecule has 0 heterocycles. The normalized spacial score (nSPS) is 12.2. The van der Waals surface area contributed by atoms with Crippen LogP contribution in [0.1, 0.15) is 412 Å². The van der Waals surface area contributed by atoms with Gasteiger partial charge in [0, 0.05) is 19.3 Å². The molecule has 0 aliphatic carbocycles. The van der Waals surface area contributed by atoms with Crippen molar-refractivity contribution in [3.05, 3.63) is 36.5 Å². The summed E-state index contributed by atoms with van der Waals surface area (Å²) in [5, 5.41) is 0. The van der Waals surface area contributed by atoms with Crippen molar-refractivity contribution in [3.63, 3.8) is 0 Å². The van der Waals surface area contributed by atoms with Gasteiger partial charge in [-0.15, -0.1) is 0 Å². The molecular weight excluding hydrogens is 1010 g/mol. The summed E-state index contributed by atoms with van der Waals surface area (Å²) >= 11 is 0. The van der Waals surface area contributed by atoms with Crippen LogP contribution in [0.25, 0.3) is 0 Å². The van der Waals surface area contributed by atoms with Gasteiger partial charge in [-0.3, -0.25) is 14.4 Å². The van der Waals surface area contributed by atoms with E-state index in [1.807, 2.05) is 0 Å². The first-order valence-corrected chi connectivity index (χ1v) is 37.0. The molecule has 0 aromatic heterocycles. The molecule has 1 unspecified atom stereocenters. The zero-order chi connectivity index (χ0) is 59.2. The smallest absolute Gasteiger partial charge is 0.306 e. The molecule has 0 saturated carbocycles. The van der Waals surface area contributed by atoms with E-state index in [0.29, 0.717) is 19.3 Å². The van der Waals surface area contributed by atoms with E-state index in [1.165, 1.54) is 308 Å². The number of allylic oxidation sites excluding steroid dienone is 6. The van der Waals surface area contributed by atoms with E-state index < -0.39 is 6.10 Å². The predicted molar refractivity (Wildman–Crippen MR) is 358 cm³/mol. The zero-order valence-electron chi connectivity index (χ0n) is 55.5. The number of carbonyl (C=O) groups is 3. The first kappa shape index (κ1) is 79.6. The van der Waals surface area contributed by atoms with Crippen LogP contribution < -0.4 is 0 Å². The van der Waals surface area contributed by atoms with Crippen molar-refractivity contribution in [2.24, 2.45) is 0 Å². The largest absolute Gasteiger partial charge is 0.462 e. The molecule has 6 nitrogen and oxygen atoms in total. The van der Waals surface area contributed by atoms with Gasteiger partial charge in [0.2, 0.25) is 0 Å². The molecule has 0 N–H and O–H groups in total. The molecule has 0 aromatic rings. The van der Waals surface area contributed by atoms with Gasteiger partial charge in [0.05, 0.1) is 0 Å². The van der Waals surface area contributed by atoms with Gasteiger partial charge in [-0.2, -0.15) is 0 Å². The minimum Gasteiger partial charge on any atom is -0.462 e. The highest BCUT2D eigenvalue weighted by Crippen LogP contribution is 2.19. The Morgan fingerprint density at radius 3 is 0.683 bits per heavy atom. The summed E-state index contributed by atoms with van der Waals surface area (Å²) in [6.07, 6.45) is 89.6. The maximum Gasteiger partial charge on any atom is 0.306 e. The number of hydrogen-bond acceptors (Lipinski definition) is 6. The van der Waals surface area contributed by atoms with Crippen molar-refractivity contribution in [1.82, 2.24) is 0 Å². The molecule has 482 valence electrons. The zero-order valence-corrected chi connectivity index (χ0v) is 55.5. The topological polar surface area (TPSA) is 78.9 Å². The summed E-state index contributed by atoms with van der Waals surface area (Å²) in [6.45, 7) is 6.63. The molecule has 6 heteroatoms. The summed E-state index contributed by atoms with van der Waals surface area (Å²) < 4.78 is 16.9. The first-order valence-electron chi connectivity index (χ1n) is 37.0. The molecule has 0 radical (unpaired) electrons. The van der Waals surface area contributed by atoms with Crippen LogP contribution in [0.3, 0.4) is 0 Å². The minimum absolute atomic E-state index is 0.0678. The quantitative estimate of drug-likeness (QED) is 0.0261. The molecule has 0 rings (SSSR count). The second kappa shape index (κ2) is 71.1. The van der Waals surface area contributed by atoms with E-state index in [9.17, 15) is 14.4 Å². The maximum absolute atomic E-state index is 12.9. The van der Waals surface area contributed by atoms with E-state index in [2.05, 4.69) is 57.2 Å². The lowest BCUT2D eigenvalue weighted by molar-refractivity contribution is -0.167. The summed E-state index contributed by atoms with van der Waals surface area (Å²) in [5.41, 5.74) is 0. The van der Waals surface area contributed by atoms with Gasteiger partial charge in [-0.25, -0.2) is 0 Å². The summed E-state index contributed by atoms with van der Waals surface area (Å²) in [7, 11) is 0. The van der Waals surface area contributed by atoms with Gasteiger partial charge in [-0.05, 0) is 77.0 Å². The van der Waals surface area contributed by atoms with Crippen LogP contribution in [0.15, 0.2) is 36.5 Å². The standard InChI is InChI=1S/C76H142O6/c1-4-7-10-13-16-18-20-22-24-26-28-30-32-33-34-35-36-37-38-39-40-41-42-43-45-46-48-50-52-54-56-58-60-63-66-69-75(78)81-72-73(71-80-74(77)68-65-62-15-12-9-6-3)82-76(79)70-67-64-61-59-57-55-53-51-49-47-44-31-29-27-25-23-21-19-17-14-11-8-5-2/h21,23,26-29,73H,4-20,22,24-25,30-72H2,1-3H3/b23-21-,28-26-,29-27-. The third-order valence-corrected chi connectivity index (χ3v) is 16.9. The molecule has 0 fully saturated rings. The molecule has 1 atom stereocenters. The molecular formula is C76H142O6. The Kier molecular flexibility index (Phi) is 69.1. The van der Waals surface area contributed by atoms with Gasteiger partial charge in [0.15, 0.2) is 6.10 Å². The fourth-order valence-electron chi connectivity index (χ4n) is 11.3. The average molecular weight is 1150 g/mol. The SMILES string of the molecule is CCCCCCC/C=C\C/C=C\CCCCCCCCCCCCCC(=O)OC(COC(=O)CCCCCCCC)COC(=O)CCCCCCCCCCCCCCCCCCCCCCCCC/C=C\CCCCCCCCCC. The Morgan fingerprint density at radius 1 is 0.244 bits per heavy atom. The number of ether oxygens (including phenoxy) is 3. The lowest BCUT2D eigenvalue weighted by Gasteiger charge is -2.18. The lowest BCUT2D eigenvalue weighted by Crippen LogP contribution is -2.30. The third-order valence-electron chi connectivity index (χ3n) is 16.9. The molecule has 82 heavy (non-hydrogen) atoms. The lowest BCUT2D eigenvalue weighted by atomic mass is 10.0. The van der Waals surface area contributed by atoms with Gasteiger partial charge < -0.3 is 14.2 Å². The molecule has 0 spiro atoms. The Balaban J connectivity index is 3.91. The highest BCUT2D eigenvalue weighted by molar-refractivity contribution is 5.71. The van der Waals surface area contributed by atoms with E-state index >= 15 is 0 Å². The van der Waals surface area contributed by atoms with E-state index in [0.717, 1.165) is 64.2 Å². The minimum atomic E-state index is -0.768.